The summed E-state index contributed by atoms with van der Waals surface area (Å²) in [6.07, 6.45) is 4.56. The number of carbonyl (C=O) groups excluding carboxylic acids is 1. The monoisotopic (exact) mass is 318 g/mol. The van der Waals surface area contributed by atoms with Crippen LogP contribution in [-0.4, -0.2) is 33.6 Å². The Hall–Kier alpha value is -2.15. The molecule has 3 rings (SSSR count). The van der Waals surface area contributed by atoms with Crippen LogP contribution in [-0.2, 0) is 11.3 Å². The smallest absolute Gasteiger partial charge is 0.289 e. The number of ether oxygens (including phenoxy) is 1. The molecule has 2 atom stereocenters. The molecule has 1 fully saturated rings. The molecule has 1 aliphatic rings. The number of hydrogen-bond donors (Lipinski definition) is 1. The second-order valence-electron chi connectivity index (χ2n) is 5.77. The van der Waals surface area contributed by atoms with Gasteiger partial charge in [-0.05, 0) is 20.3 Å². The van der Waals surface area contributed by atoms with Crippen molar-refractivity contribution >= 4 is 5.91 Å². The van der Waals surface area contributed by atoms with E-state index in [4.69, 9.17) is 9.15 Å². The zero-order chi connectivity index (χ0) is 16.4. The van der Waals surface area contributed by atoms with Crippen LogP contribution >= 0.6 is 0 Å². The molecule has 1 N–H and O–H groups in total. The number of aryl methyl sites for hydroxylation is 3. The fraction of sp³-hybridized carbons (Fsp3) is 0.562. The van der Waals surface area contributed by atoms with E-state index in [-0.39, 0.29) is 23.7 Å². The van der Waals surface area contributed by atoms with Crippen molar-refractivity contribution in [3.05, 3.63) is 35.6 Å². The van der Waals surface area contributed by atoms with Crippen molar-refractivity contribution in [2.24, 2.45) is 5.92 Å². The van der Waals surface area contributed by atoms with E-state index < -0.39 is 0 Å². The van der Waals surface area contributed by atoms with E-state index in [0.717, 1.165) is 18.8 Å². The SMILES string of the molecule is CCn1ccnc1[C@@H]1OCC[C@H]1CNC(=O)c1oc(C)nc1C. The number of hydrogen-bond acceptors (Lipinski definition) is 5. The Morgan fingerprint density at radius 1 is 1.48 bits per heavy atom. The maximum absolute atomic E-state index is 12.2. The van der Waals surface area contributed by atoms with Gasteiger partial charge in [0.05, 0.1) is 5.69 Å². The molecule has 0 radical (unpaired) electrons. The van der Waals surface area contributed by atoms with Gasteiger partial charge >= 0.3 is 0 Å². The lowest BCUT2D eigenvalue weighted by Gasteiger charge is -2.19. The minimum absolute atomic E-state index is 0.0807. The highest BCUT2D eigenvalue weighted by Crippen LogP contribution is 2.33. The number of nitrogens with one attached hydrogen (secondary N) is 1. The summed E-state index contributed by atoms with van der Waals surface area (Å²) in [7, 11) is 0. The first-order chi connectivity index (χ1) is 11.1. The van der Waals surface area contributed by atoms with Crippen LogP contribution in [0.3, 0.4) is 0 Å². The molecule has 0 aliphatic carbocycles. The normalized spacial score (nSPS) is 20.8. The third kappa shape index (κ3) is 3.14. The van der Waals surface area contributed by atoms with Crippen molar-refractivity contribution in [2.75, 3.05) is 13.2 Å². The first-order valence-electron chi connectivity index (χ1n) is 7.95. The quantitative estimate of drug-likeness (QED) is 0.912. The molecule has 2 aromatic rings. The van der Waals surface area contributed by atoms with Crippen LogP contribution < -0.4 is 5.32 Å². The third-order valence-corrected chi connectivity index (χ3v) is 4.19. The Labute approximate surface area is 135 Å². The minimum Gasteiger partial charge on any atom is -0.436 e. The first kappa shape index (κ1) is 15.7. The molecule has 1 saturated heterocycles. The van der Waals surface area contributed by atoms with E-state index in [9.17, 15) is 4.79 Å². The summed E-state index contributed by atoms with van der Waals surface area (Å²) in [6, 6.07) is 0. The van der Waals surface area contributed by atoms with Crippen molar-refractivity contribution in [1.82, 2.24) is 19.9 Å². The molecule has 0 unspecified atom stereocenters. The molecule has 23 heavy (non-hydrogen) atoms. The number of nitrogens with zero attached hydrogens (tertiary/aromatic N) is 3. The highest BCUT2D eigenvalue weighted by Gasteiger charge is 2.33. The molecule has 1 aliphatic heterocycles. The summed E-state index contributed by atoms with van der Waals surface area (Å²) >= 11 is 0. The van der Waals surface area contributed by atoms with Crippen LogP contribution in [0.4, 0.5) is 0 Å². The Balaban J connectivity index is 1.65. The molecular weight excluding hydrogens is 296 g/mol. The number of rotatable bonds is 5. The maximum atomic E-state index is 12.2. The molecule has 2 aromatic heterocycles. The first-order valence-corrected chi connectivity index (χ1v) is 7.95. The zero-order valence-electron chi connectivity index (χ0n) is 13.7. The standard InChI is InChI=1S/C16H22N4O3/c1-4-20-7-6-17-15(20)14-12(5-8-22-14)9-18-16(21)13-10(2)19-11(3)23-13/h6-7,12,14H,4-5,8-9H2,1-3H3,(H,18,21)/t12-,14+/m0/s1. The highest BCUT2D eigenvalue weighted by atomic mass is 16.5. The van der Waals surface area contributed by atoms with Gasteiger partial charge in [-0.3, -0.25) is 4.79 Å². The summed E-state index contributed by atoms with van der Waals surface area (Å²) in [5.74, 6) is 1.69. The van der Waals surface area contributed by atoms with Crippen LogP contribution in [0, 0.1) is 19.8 Å². The van der Waals surface area contributed by atoms with Gasteiger partial charge in [-0.15, -0.1) is 0 Å². The largest absolute Gasteiger partial charge is 0.436 e. The molecule has 124 valence electrons. The average Bonchev–Trinajstić information content (AvgIpc) is 3.23. The van der Waals surface area contributed by atoms with Crippen molar-refractivity contribution in [3.8, 4) is 0 Å². The zero-order valence-corrected chi connectivity index (χ0v) is 13.7. The molecule has 3 heterocycles. The summed E-state index contributed by atoms with van der Waals surface area (Å²) < 4.78 is 13.3. The predicted octanol–water partition coefficient (Wildman–Crippen LogP) is 2.02. The number of aromatic nitrogens is 3. The van der Waals surface area contributed by atoms with Crippen molar-refractivity contribution < 1.29 is 13.9 Å². The number of amides is 1. The molecule has 7 heteroatoms. The van der Waals surface area contributed by atoms with Crippen molar-refractivity contribution in [1.29, 1.82) is 0 Å². The van der Waals surface area contributed by atoms with Gasteiger partial charge < -0.3 is 19.0 Å². The Morgan fingerprint density at radius 2 is 2.30 bits per heavy atom. The summed E-state index contributed by atoms with van der Waals surface area (Å²) in [5, 5.41) is 2.93. The number of oxazole rings is 1. The van der Waals surface area contributed by atoms with Gasteiger partial charge in [0.2, 0.25) is 5.76 Å². The lowest BCUT2D eigenvalue weighted by atomic mass is 10.0. The molecule has 7 nitrogen and oxygen atoms in total. The van der Waals surface area contributed by atoms with Gasteiger partial charge in [0, 0.05) is 44.9 Å². The fourth-order valence-electron chi connectivity index (χ4n) is 3.02. The lowest BCUT2D eigenvalue weighted by Crippen LogP contribution is -2.31. The van der Waals surface area contributed by atoms with E-state index in [2.05, 4.69) is 26.8 Å². The van der Waals surface area contributed by atoms with Crippen LogP contribution in [0.1, 0.15) is 47.4 Å². The van der Waals surface area contributed by atoms with E-state index in [1.807, 2.05) is 6.20 Å². The fourth-order valence-corrected chi connectivity index (χ4v) is 3.02. The van der Waals surface area contributed by atoms with Gasteiger partial charge in [0.25, 0.3) is 5.91 Å². The molecule has 0 saturated carbocycles. The summed E-state index contributed by atoms with van der Waals surface area (Å²) in [6.45, 7) is 7.64. The van der Waals surface area contributed by atoms with Crippen LogP contribution in [0.5, 0.6) is 0 Å². The van der Waals surface area contributed by atoms with E-state index in [0.29, 0.717) is 24.7 Å². The number of carbonyl (C=O) groups is 1. The lowest BCUT2D eigenvalue weighted by molar-refractivity contribution is 0.0766. The average molecular weight is 318 g/mol. The molecule has 0 spiro atoms. The second kappa shape index (κ2) is 6.54. The minimum atomic E-state index is -0.229. The summed E-state index contributed by atoms with van der Waals surface area (Å²) in [4.78, 5) is 20.8. The Bertz CT molecular complexity index is 691. The van der Waals surface area contributed by atoms with Crippen LogP contribution in [0.15, 0.2) is 16.8 Å². The van der Waals surface area contributed by atoms with E-state index in [1.54, 1.807) is 20.0 Å². The third-order valence-electron chi connectivity index (χ3n) is 4.19. The molecule has 0 bridgehead atoms. The maximum Gasteiger partial charge on any atom is 0.289 e. The van der Waals surface area contributed by atoms with Crippen molar-refractivity contribution in [3.63, 3.8) is 0 Å². The summed E-state index contributed by atoms with van der Waals surface area (Å²) in [5.41, 5.74) is 0.612. The molecule has 1 amide bonds. The predicted molar refractivity (Wildman–Crippen MR) is 83.0 cm³/mol. The van der Waals surface area contributed by atoms with Gasteiger partial charge in [0.15, 0.2) is 5.89 Å². The van der Waals surface area contributed by atoms with Crippen molar-refractivity contribution in [2.45, 2.75) is 39.8 Å². The van der Waals surface area contributed by atoms with Gasteiger partial charge in [-0.25, -0.2) is 9.97 Å². The number of imidazole rings is 1. The molecule has 0 aromatic carbocycles. The molecular formula is C16H22N4O3. The highest BCUT2D eigenvalue weighted by molar-refractivity contribution is 5.92. The van der Waals surface area contributed by atoms with E-state index >= 15 is 0 Å². The Morgan fingerprint density at radius 3 is 3.00 bits per heavy atom. The van der Waals surface area contributed by atoms with E-state index in [1.165, 1.54) is 0 Å². The van der Waals surface area contributed by atoms with Gasteiger partial charge in [-0.1, -0.05) is 0 Å². The van der Waals surface area contributed by atoms with Gasteiger partial charge in [0.1, 0.15) is 11.9 Å². The van der Waals surface area contributed by atoms with Gasteiger partial charge in [-0.2, -0.15) is 0 Å². The second-order valence-corrected chi connectivity index (χ2v) is 5.77. The van der Waals surface area contributed by atoms with Crippen LogP contribution in [0.2, 0.25) is 0 Å². The topological polar surface area (TPSA) is 82.2 Å². The van der Waals surface area contributed by atoms with Crippen LogP contribution in [0.25, 0.3) is 0 Å². The Kier molecular flexibility index (Phi) is 4.47.